The molecule has 2 aromatic carbocycles. The normalized spacial score (nSPS) is 18.8. The van der Waals surface area contributed by atoms with Gasteiger partial charge in [0.05, 0.1) is 0 Å². The number of allylic oxidation sites excluding steroid dienone is 2. The number of benzene rings is 2. The highest BCUT2D eigenvalue weighted by atomic mass is 16.2. The average Bonchev–Trinajstić information content (AvgIpc) is 2.77. The van der Waals surface area contributed by atoms with Crippen molar-refractivity contribution in [1.82, 2.24) is 10.2 Å². The molecule has 1 N–H and O–H groups in total. The number of nitrogens with zero attached hydrogens (tertiary/aromatic N) is 1. The van der Waals surface area contributed by atoms with Crippen molar-refractivity contribution in [2.45, 2.75) is 38.6 Å². The van der Waals surface area contributed by atoms with E-state index in [1.807, 2.05) is 47.4 Å². The summed E-state index contributed by atoms with van der Waals surface area (Å²) < 4.78 is 0. The number of likely N-dealkylation sites (tertiary alicyclic amines) is 1. The van der Waals surface area contributed by atoms with Crippen LogP contribution < -0.4 is 5.32 Å². The molecule has 2 aliphatic rings. The Kier molecular flexibility index (Phi) is 5.56. The first-order chi connectivity index (χ1) is 13.7. The second kappa shape index (κ2) is 8.42. The number of carbonyl (C=O) groups excluding carboxylic acids is 2. The minimum absolute atomic E-state index is 0.0932. The Morgan fingerprint density at radius 3 is 2.46 bits per heavy atom. The first kappa shape index (κ1) is 18.5. The number of carbonyl (C=O) groups is 2. The summed E-state index contributed by atoms with van der Waals surface area (Å²) in [6, 6.07) is 16.8. The van der Waals surface area contributed by atoms with Gasteiger partial charge in [-0.05, 0) is 67.9 Å². The van der Waals surface area contributed by atoms with Crippen molar-refractivity contribution in [3.8, 4) is 0 Å². The molecule has 2 aromatic rings. The largest absolute Gasteiger partial charge is 0.348 e. The lowest BCUT2D eigenvalue weighted by atomic mass is 9.84. The predicted octanol–water partition coefficient (Wildman–Crippen LogP) is 4.54. The molecule has 1 fully saturated rings. The highest BCUT2D eigenvalue weighted by Gasteiger charge is 2.30. The molecule has 1 heterocycles. The van der Waals surface area contributed by atoms with Crippen LogP contribution in [-0.2, 0) is 6.54 Å². The lowest BCUT2D eigenvalue weighted by Crippen LogP contribution is -2.39. The molecule has 1 atom stereocenters. The van der Waals surface area contributed by atoms with Crippen LogP contribution in [0.1, 0.15) is 58.4 Å². The minimum Gasteiger partial charge on any atom is -0.348 e. The average molecular weight is 374 g/mol. The molecule has 0 saturated carbocycles. The van der Waals surface area contributed by atoms with Crippen LogP contribution in [0.3, 0.4) is 0 Å². The number of nitrogens with one attached hydrogen (secondary N) is 1. The fraction of sp³-hybridized carbons (Fsp3) is 0.333. The molecule has 0 radical (unpaired) electrons. The summed E-state index contributed by atoms with van der Waals surface area (Å²) in [5, 5.41) is 2.92. The van der Waals surface area contributed by atoms with E-state index in [9.17, 15) is 9.59 Å². The zero-order valence-corrected chi connectivity index (χ0v) is 16.1. The summed E-state index contributed by atoms with van der Waals surface area (Å²) in [5.74, 6) is 0.556. The minimum atomic E-state index is -0.0932. The van der Waals surface area contributed by atoms with Gasteiger partial charge in [0.1, 0.15) is 0 Å². The third-order valence-corrected chi connectivity index (χ3v) is 5.71. The maximum Gasteiger partial charge on any atom is 0.258 e. The summed E-state index contributed by atoms with van der Waals surface area (Å²) in [7, 11) is 0. The van der Waals surface area contributed by atoms with E-state index in [1.165, 1.54) is 25.0 Å². The number of rotatable bonds is 4. The summed E-state index contributed by atoms with van der Waals surface area (Å²) >= 11 is 0. The molecule has 1 saturated heterocycles. The quantitative estimate of drug-likeness (QED) is 0.854. The van der Waals surface area contributed by atoms with Gasteiger partial charge in [-0.3, -0.25) is 9.59 Å². The molecule has 4 nitrogen and oxygen atoms in total. The van der Waals surface area contributed by atoms with E-state index >= 15 is 0 Å². The highest BCUT2D eigenvalue weighted by Crippen LogP contribution is 2.35. The van der Waals surface area contributed by atoms with Gasteiger partial charge in [-0.25, -0.2) is 0 Å². The smallest absolute Gasteiger partial charge is 0.258 e. The van der Waals surface area contributed by atoms with E-state index in [2.05, 4.69) is 11.4 Å². The summed E-state index contributed by atoms with van der Waals surface area (Å²) in [5.41, 5.74) is 3.58. The van der Waals surface area contributed by atoms with Gasteiger partial charge in [-0.1, -0.05) is 36.4 Å². The van der Waals surface area contributed by atoms with Crippen molar-refractivity contribution in [2.75, 3.05) is 6.54 Å². The van der Waals surface area contributed by atoms with Crippen LogP contribution in [-0.4, -0.2) is 23.3 Å². The Morgan fingerprint density at radius 2 is 1.68 bits per heavy atom. The van der Waals surface area contributed by atoms with Crippen molar-refractivity contribution < 1.29 is 9.59 Å². The third kappa shape index (κ3) is 4.01. The fourth-order valence-electron chi connectivity index (χ4n) is 4.19. The van der Waals surface area contributed by atoms with Gasteiger partial charge in [-0.2, -0.15) is 0 Å². The Hall–Kier alpha value is -2.88. The van der Waals surface area contributed by atoms with Crippen molar-refractivity contribution in [2.24, 2.45) is 5.92 Å². The van der Waals surface area contributed by atoms with Gasteiger partial charge >= 0.3 is 0 Å². The lowest BCUT2D eigenvalue weighted by Gasteiger charge is -2.38. The standard InChI is InChI=1S/C24H26N2O2/c27-23(20-8-2-1-3-9-20)25-17-18-12-14-21(15-13-18)24(28)26-16-6-10-19-7-4-5-11-22(19)26/h1-3,8-9,11-15,19H,4-7,10,16-17H2,(H,25,27). The van der Waals surface area contributed by atoms with Gasteiger partial charge < -0.3 is 10.2 Å². The van der Waals surface area contributed by atoms with Crippen LogP contribution >= 0.6 is 0 Å². The van der Waals surface area contributed by atoms with Crippen molar-refractivity contribution in [3.63, 3.8) is 0 Å². The molecular formula is C24H26N2O2. The number of amides is 2. The molecule has 4 rings (SSSR count). The van der Waals surface area contributed by atoms with Crippen LogP contribution in [0, 0.1) is 5.92 Å². The third-order valence-electron chi connectivity index (χ3n) is 5.71. The molecule has 1 aliphatic carbocycles. The van der Waals surface area contributed by atoms with Crippen LogP contribution in [0.5, 0.6) is 0 Å². The van der Waals surface area contributed by atoms with E-state index < -0.39 is 0 Å². The fourth-order valence-corrected chi connectivity index (χ4v) is 4.19. The van der Waals surface area contributed by atoms with Crippen molar-refractivity contribution in [1.29, 1.82) is 0 Å². The topological polar surface area (TPSA) is 49.4 Å². The van der Waals surface area contributed by atoms with Crippen LogP contribution in [0.2, 0.25) is 0 Å². The van der Waals surface area contributed by atoms with E-state index in [0.717, 1.165) is 24.9 Å². The second-order valence-electron chi connectivity index (χ2n) is 7.60. The van der Waals surface area contributed by atoms with Gasteiger partial charge in [0, 0.05) is 29.9 Å². The number of hydrogen-bond donors (Lipinski definition) is 1. The van der Waals surface area contributed by atoms with Gasteiger partial charge in [0.15, 0.2) is 0 Å². The highest BCUT2D eigenvalue weighted by molar-refractivity contribution is 5.96. The number of hydrogen-bond acceptors (Lipinski definition) is 2. The Morgan fingerprint density at radius 1 is 0.929 bits per heavy atom. The first-order valence-electron chi connectivity index (χ1n) is 10.2. The Bertz CT molecular complexity index is 871. The number of piperidine rings is 1. The van der Waals surface area contributed by atoms with Crippen LogP contribution in [0.25, 0.3) is 0 Å². The SMILES string of the molecule is O=C(NCc1ccc(C(=O)N2CCCC3CCCC=C32)cc1)c1ccccc1. The maximum absolute atomic E-state index is 13.0. The van der Waals surface area contributed by atoms with Crippen LogP contribution in [0.4, 0.5) is 0 Å². The Labute approximate surface area is 166 Å². The zero-order valence-electron chi connectivity index (χ0n) is 16.1. The van der Waals surface area contributed by atoms with Crippen molar-refractivity contribution in [3.05, 3.63) is 83.1 Å². The molecule has 1 unspecified atom stereocenters. The molecule has 144 valence electrons. The molecule has 4 heteroatoms. The summed E-state index contributed by atoms with van der Waals surface area (Å²) in [4.78, 5) is 27.2. The van der Waals surface area contributed by atoms with Gasteiger partial charge in [0.2, 0.25) is 0 Å². The number of fused-ring (bicyclic) bond motifs is 1. The molecular weight excluding hydrogens is 348 g/mol. The van der Waals surface area contributed by atoms with E-state index in [1.54, 1.807) is 12.1 Å². The molecule has 0 aromatic heterocycles. The molecule has 1 aliphatic heterocycles. The molecule has 2 amide bonds. The summed E-state index contributed by atoms with van der Waals surface area (Å²) in [6.07, 6.45) is 8.07. The monoisotopic (exact) mass is 374 g/mol. The molecule has 28 heavy (non-hydrogen) atoms. The van der Waals surface area contributed by atoms with E-state index in [-0.39, 0.29) is 11.8 Å². The van der Waals surface area contributed by atoms with Crippen LogP contribution in [0.15, 0.2) is 66.4 Å². The Balaban J connectivity index is 1.39. The van der Waals surface area contributed by atoms with E-state index in [4.69, 9.17) is 0 Å². The predicted molar refractivity (Wildman–Crippen MR) is 110 cm³/mol. The molecule has 0 spiro atoms. The second-order valence-corrected chi connectivity index (χ2v) is 7.60. The first-order valence-corrected chi connectivity index (χ1v) is 10.2. The molecule has 0 bridgehead atoms. The lowest BCUT2D eigenvalue weighted by molar-refractivity contribution is 0.0748. The maximum atomic E-state index is 13.0. The van der Waals surface area contributed by atoms with E-state index in [0.29, 0.717) is 23.6 Å². The van der Waals surface area contributed by atoms with Gasteiger partial charge in [-0.15, -0.1) is 0 Å². The summed E-state index contributed by atoms with van der Waals surface area (Å²) in [6.45, 7) is 1.26. The zero-order chi connectivity index (χ0) is 19.3. The van der Waals surface area contributed by atoms with Crippen molar-refractivity contribution >= 4 is 11.8 Å². The van der Waals surface area contributed by atoms with Gasteiger partial charge in [0.25, 0.3) is 11.8 Å².